The van der Waals surface area contributed by atoms with Gasteiger partial charge in [-0.2, -0.15) is 13.2 Å². The number of amides is 5. The number of urea groups is 2. The molecule has 1 atom stereocenters. The second kappa shape index (κ2) is 14.3. The van der Waals surface area contributed by atoms with Crippen LogP contribution in [0.4, 0.5) is 34.1 Å². The number of halogens is 4. The molecule has 10 nitrogen and oxygen atoms in total. The average molecular weight is 684 g/mol. The number of benzene rings is 1. The van der Waals surface area contributed by atoms with Crippen molar-refractivity contribution in [1.82, 2.24) is 24.9 Å². The van der Waals surface area contributed by atoms with E-state index in [-0.39, 0.29) is 40.7 Å². The largest absolute Gasteiger partial charge is 0.418 e. The third kappa shape index (κ3) is 7.66. The van der Waals surface area contributed by atoms with Gasteiger partial charge in [-0.3, -0.25) is 4.79 Å². The molecule has 3 N–H and O–H groups in total. The number of rotatable bonds is 7. The molecule has 4 heterocycles. The van der Waals surface area contributed by atoms with Crippen LogP contribution >= 0.6 is 22.9 Å². The van der Waals surface area contributed by atoms with Gasteiger partial charge in [0.25, 0.3) is 0 Å². The van der Waals surface area contributed by atoms with Crippen LogP contribution in [0.15, 0.2) is 22.9 Å². The summed E-state index contributed by atoms with van der Waals surface area (Å²) in [5, 5.41) is 12.2. The van der Waals surface area contributed by atoms with E-state index in [2.05, 4.69) is 20.9 Å². The van der Waals surface area contributed by atoms with Crippen molar-refractivity contribution in [3.63, 3.8) is 0 Å². The molecule has 46 heavy (non-hydrogen) atoms. The summed E-state index contributed by atoms with van der Waals surface area (Å²) in [6.45, 7) is 2.30. The monoisotopic (exact) mass is 683 g/mol. The first-order valence-electron chi connectivity index (χ1n) is 15.6. The summed E-state index contributed by atoms with van der Waals surface area (Å²) in [5.74, 6) is -0.337. The van der Waals surface area contributed by atoms with Gasteiger partial charge in [0, 0.05) is 63.7 Å². The van der Waals surface area contributed by atoms with Crippen molar-refractivity contribution in [1.29, 1.82) is 0 Å². The summed E-state index contributed by atoms with van der Waals surface area (Å²) in [4.78, 5) is 47.6. The van der Waals surface area contributed by atoms with E-state index < -0.39 is 23.8 Å². The SMILES string of the molecule is CNc1c(Cl)cc(C[C@@H](NC(=O)N2CCC(N3CCc4cscc4NC3=O)CC2)C(=O)N2CCC(N(C)C)CC2)cc1C(F)(F)F. The fourth-order valence-electron chi connectivity index (χ4n) is 6.64. The Bertz CT molecular complexity index is 1420. The molecule has 15 heteroatoms. The number of piperidine rings is 2. The third-order valence-corrected chi connectivity index (χ3v) is 10.4. The molecule has 2 saturated heterocycles. The fourth-order valence-corrected chi connectivity index (χ4v) is 7.80. The Balaban J connectivity index is 1.28. The fraction of sp³-hybridized carbons (Fsp3) is 0.581. The highest BCUT2D eigenvalue weighted by Crippen LogP contribution is 2.39. The van der Waals surface area contributed by atoms with Gasteiger partial charge in [-0.05, 0) is 74.8 Å². The van der Waals surface area contributed by atoms with Crippen molar-refractivity contribution in [3.8, 4) is 0 Å². The van der Waals surface area contributed by atoms with Gasteiger partial charge in [-0.1, -0.05) is 11.6 Å². The van der Waals surface area contributed by atoms with Crippen LogP contribution in [0.25, 0.3) is 0 Å². The molecule has 2 aromatic rings. The molecule has 0 aliphatic carbocycles. The minimum Gasteiger partial charge on any atom is -0.386 e. The molecule has 0 radical (unpaired) electrons. The van der Waals surface area contributed by atoms with Gasteiger partial charge in [0.15, 0.2) is 0 Å². The van der Waals surface area contributed by atoms with Gasteiger partial charge in [0.05, 0.1) is 22.0 Å². The van der Waals surface area contributed by atoms with Gasteiger partial charge in [-0.25, -0.2) is 9.59 Å². The highest BCUT2D eigenvalue weighted by Gasteiger charge is 2.37. The predicted molar refractivity (Wildman–Crippen MR) is 174 cm³/mol. The van der Waals surface area contributed by atoms with Crippen LogP contribution in [0.3, 0.4) is 0 Å². The number of carbonyl (C=O) groups is 3. The summed E-state index contributed by atoms with van der Waals surface area (Å²) in [5.41, 5.74) is 0.977. The summed E-state index contributed by atoms with van der Waals surface area (Å²) in [6, 6.07) is 0.970. The molecule has 5 rings (SSSR count). The first-order chi connectivity index (χ1) is 21.8. The summed E-state index contributed by atoms with van der Waals surface area (Å²) in [6.07, 6.45) is -1.42. The molecule has 0 unspecified atom stereocenters. The number of likely N-dealkylation sites (tertiary alicyclic amines) is 2. The zero-order valence-electron chi connectivity index (χ0n) is 26.3. The second-order valence-corrected chi connectivity index (χ2v) is 13.5. The first-order valence-corrected chi connectivity index (χ1v) is 16.9. The van der Waals surface area contributed by atoms with E-state index in [4.69, 9.17) is 11.6 Å². The minimum atomic E-state index is -4.67. The Morgan fingerprint density at radius 2 is 1.74 bits per heavy atom. The molecular formula is C31H41ClF3N7O3S. The second-order valence-electron chi connectivity index (χ2n) is 12.4. The Morgan fingerprint density at radius 1 is 1.07 bits per heavy atom. The van der Waals surface area contributed by atoms with Gasteiger partial charge in [0.2, 0.25) is 5.91 Å². The van der Waals surface area contributed by atoms with Crippen LogP contribution < -0.4 is 16.0 Å². The molecular weight excluding hydrogens is 643 g/mol. The molecule has 3 aliphatic heterocycles. The van der Waals surface area contributed by atoms with E-state index in [1.165, 1.54) is 13.1 Å². The molecule has 0 saturated carbocycles. The van der Waals surface area contributed by atoms with Crippen molar-refractivity contribution in [3.05, 3.63) is 44.6 Å². The summed E-state index contributed by atoms with van der Waals surface area (Å²) < 4.78 is 41.8. The molecule has 0 spiro atoms. The van der Waals surface area contributed by atoms with E-state index in [0.717, 1.165) is 36.6 Å². The third-order valence-electron chi connectivity index (χ3n) is 9.31. The Hall–Kier alpha value is -3.23. The smallest absolute Gasteiger partial charge is 0.386 e. The van der Waals surface area contributed by atoms with E-state index in [0.29, 0.717) is 51.6 Å². The number of fused-ring (bicyclic) bond motifs is 1. The van der Waals surface area contributed by atoms with Gasteiger partial charge in [-0.15, -0.1) is 11.3 Å². The highest BCUT2D eigenvalue weighted by atomic mass is 35.5. The minimum absolute atomic E-state index is 0.0410. The number of carbonyl (C=O) groups excluding carboxylic acids is 3. The van der Waals surface area contributed by atoms with Crippen molar-refractivity contribution in [2.75, 3.05) is 64.5 Å². The maximum atomic E-state index is 13.9. The molecule has 5 amide bonds. The maximum Gasteiger partial charge on any atom is 0.418 e. The topological polar surface area (TPSA) is 100 Å². The number of hydrogen-bond acceptors (Lipinski definition) is 6. The van der Waals surface area contributed by atoms with Crippen LogP contribution in [-0.2, 0) is 23.8 Å². The highest BCUT2D eigenvalue weighted by molar-refractivity contribution is 7.08. The number of nitrogens with one attached hydrogen (secondary N) is 3. The van der Waals surface area contributed by atoms with Gasteiger partial charge in [0.1, 0.15) is 6.04 Å². The maximum absolute atomic E-state index is 13.9. The quantitative estimate of drug-likeness (QED) is 0.373. The van der Waals surface area contributed by atoms with Crippen molar-refractivity contribution >= 4 is 52.3 Å². The average Bonchev–Trinajstić information content (AvgIpc) is 3.39. The number of hydrogen-bond donors (Lipinski definition) is 3. The van der Waals surface area contributed by atoms with E-state index in [1.54, 1.807) is 21.1 Å². The molecule has 2 fully saturated rings. The number of nitrogens with zero attached hydrogens (tertiary/aromatic N) is 4. The molecule has 1 aromatic carbocycles. The van der Waals surface area contributed by atoms with Crippen LogP contribution in [0.5, 0.6) is 0 Å². The number of anilines is 2. The van der Waals surface area contributed by atoms with E-state index >= 15 is 0 Å². The Morgan fingerprint density at radius 3 is 2.37 bits per heavy atom. The van der Waals surface area contributed by atoms with Gasteiger partial charge >= 0.3 is 18.2 Å². The lowest BCUT2D eigenvalue weighted by atomic mass is 9.98. The lowest BCUT2D eigenvalue weighted by Crippen LogP contribution is -2.57. The van der Waals surface area contributed by atoms with E-state index in [9.17, 15) is 27.6 Å². The first kappa shape index (κ1) is 34.1. The predicted octanol–water partition coefficient (Wildman–Crippen LogP) is 5.19. The normalized spacial score (nSPS) is 19.0. The van der Waals surface area contributed by atoms with Crippen LogP contribution in [-0.4, -0.2) is 110 Å². The van der Waals surface area contributed by atoms with Crippen molar-refractivity contribution in [2.45, 2.75) is 62.8 Å². The zero-order chi connectivity index (χ0) is 33.2. The Kier molecular flexibility index (Phi) is 10.6. The van der Waals surface area contributed by atoms with Crippen LogP contribution in [0.1, 0.15) is 42.4 Å². The zero-order valence-corrected chi connectivity index (χ0v) is 27.8. The van der Waals surface area contributed by atoms with E-state index in [1.807, 2.05) is 29.8 Å². The lowest BCUT2D eigenvalue weighted by molar-refractivity contribution is -0.137. The summed E-state index contributed by atoms with van der Waals surface area (Å²) in [7, 11) is 5.34. The standard InChI is InChI=1S/C31H41ClF3N7O3S/c1-36-27-23(31(33,34)35)14-19(15-24(27)32)16-25(28(43)40-9-5-21(6-10-40)39(2)3)37-29(44)41-11-7-22(8-12-41)42-13-4-20-17-46-18-26(20)38-30(42)45/h14-15,17-18,21-22,25,36H,4-13,16H2,1-3H3,(H,37,44)(H,38,45)/t25-/m1/s1. The number of alkyl halides is 3. The van der Waals surface area contributed by atoms with Crippen LogP contribution in [0.2, 0.25) is 5.02 Å². The molecule has 3 aliphatic rings. The molecule has 252 valence electrons. The molecule has 0 bridgehead atoms. The summed E-state index contributed by atoms with van der Waals surface area (Å²) >= 11 is 7.81. The van der Waals surface area contributed by atoms with Crippen molar-refractivity contribution in [2.24, 2.45) is 0 Å². The number of thiophene rings is 1. The van der Waals surface area contributed by atoms with Crippen LogP contribution in [0, 0.1) is 0 Å². The van der Waals surface area contributed by atoms with Gasteiger partial charge < -0.3 is 35.6 Å². The Labute approximate surface area is 276 Å². The van der Waals surface area contributed by atoms with Crippen molar-refractivity contribution < 1.29 is 27.6 Å². The lowest BCUT2D eigenvalue weighted by Gasteiger charge is -2.39. The molecule has 1 aromatic heterocycles.